The van der Waals surface area contributed by atoms with E-state index in [0.29, 0.717) is 22.6 Å². The second-order valence-corrected chi connectivity index (χ2v) is 10.4. The molecule has 0 radical (unpaired) electrons. The smallest absolute Gasteiger partial charge is 0.410 e. The van der Waals surface area contributed by atoms with Crippen LogP contribution in [0.1, 0.15) is 26.3 Å². The lowest BCUT2D eigenvalue weighted by Gasteiger charge is -2.41. The molecule has 1 amide bonds. The zero-order chi connectivity index (χ0) is 28.4. The molecular formula is C27H29F2N7O4. The number of carbonyl (C=O) groups is 1. The standard InChI is InChI=1S/C27H29F2N7O4/c1-27(2,3)40-26(38)34-9-10-35(18(15-34)16-37)25-20(29)13-30-24(31-25)22-12-23(21-8-11-39-33-21)36(32-22)14-17-6-4-5-7-19(17)28/h4-8,11-13,18,37H,9-10,14-16H2,1-3H3. The molecule has 0 aliphatic carbocycles. The van der Waals surface area contributed by atoms with Crippen molar-refractivity contribution in [3.05, 3.63) is 66.1 Å². The van der Waals surface area contributed by atoms with Crippen LogP contribution in [-0.4, -0.2) is 78.9 Å². The SMILES string of the molecule is CC(C)(C)OC(=O)N1CCN(c2nc(-c3cc(-c4ccon4)n(Cc4ccccc4F)n3)ncc2F)C(CO)C1. The van der Waals surface area contributed by atoms with Gasteiger partial charge in [0, 0.05) is 31.3 Å². The van der Waals surface area contributed by atoms with Crippen LogP contribution in [0, 0.1) is 11.6 Å². The van der Waals surface area contributed by atoms with Crippen LogP contribution in [0.2, 0.25) is 0 Å². The molecule has 3 aromatic heterocycles. The maximum atomic E-state index is 15.1. The predicted octanol–water partition coefficient (Wildman–Crippen LogP) is 3.74. The molecule has 1 aliphatic heterocycles. The first-order valence-corrected chi connectivity index (χ1v) is 12.7. The Kier molecular flexibility index (Phi) is 7.48. The Morgan fingerprint density at radius 1 is 1.15 bits per heavy atom. The van der Waals surface area contributed by atoms with Gasteiger partial charge in [0.15, 0.2) is 17.5 Å². The van der Waals surface area contributed by atoms with E-state index >= 15 is 4.39 Å². The molecule has 1 fully saturated rings. The monoisotopic (exact) mass is 553 g/mol. The lowest BCUT2D eigenvalue weighted by atomic mass is 10.1. The molecule has 4 aromatic rings. The number of hydrogen-bond donors (Lipinski definition) is 1. The molecule has 5 rings (SSSR count). The maximum Gasteiger partial charge on any atom is 0.410 e. The van der Waals surface area contributed by atoms with E-state index in [0.717, 1.165) is 6.20 Å². The molecule has 1 unspecified atom stereocenters. The summed E-state index contributed by atoms with van der Waals surface area (Å²) in [5.74, 6) is -0.971. The second-order valence-electron chi connectivity index (χ2n) is 10.4. The summed E-state index contributed by atoms with van der Waals surface area (Å²) in [6.45, 7) is 5.66. The maximum absolute atomic E-state index is 15.1. The fourth-order valence-corrected chi connectivity index (χ4v) is 4.45. The van der Waals surface area contributed by atoms with Gasteiger partial charge in [0.2, 0.25) is 0 Å². The van der Waals surface area contributed by atoms with Crippen LogP contribution in [0.3, 0.4) is 0 Å². The highest BCUT2D eigenvalue weighted by Gasteiger charge is 2.34. The Hall–Kier alpha value is -4.39. The Morgan fingerprint density at radius 2 is 1.95 bits per heavy atom. The third kappa shape index (κ3) is 5.78. The average Bonchev–Trinajstić information content (AvgIpc) is 3.59. The van der Waals surface area contributed by atoms with Gasteiger partial charge < -0.3 is 24.2 Å². The van der Waals surface area contributed by atoms with E-state index in [1.807, 2.05) is 0 Å². The van der Waals surface area contributed by atoms with Crippen LogP contribution in [0.25, 0.3) is 22.9 Å². The van der Waals surface area contributed by atoms with Crippen molar-refractivity contribution >= 4 is 11.9 Å². The number of aliphatic hydroxyl groups excluding tert-OH is 1. The summed E-state index contributed by atoms with van der Waals surface area (Å²) < 4.78 is 41.5. The van der Waals surface area contributed by atoms with E-state index in [2.05, 4.69) is 20.2 Å². The quantitative estimate of drug-likeness (QED) is 0.380. The van der Waals surface area contributed by atoms with Gasteiger partial charge in [-0.05, 0) is 32.9 Å². The van der Waals surface area contributed by atoms with Crippen LogP contribution < -0.4 is 4.90 Å². The fourth-order valence-electron chi connectivity index (χ4n) is 4.45. The van der Waals surface area contributed by atoms with Crippen LogP contribution in [-0.2, 0) is 11.3 Å². The number of piperazine rings is 1. The Labute approximate surface area is 229 Å². The van der Waals surface area contributed by atoms with Crippen molar-refractivity contribution in [2.75, 3.05) is 31.1 Å². The lowest BCUT2D eigenvalue weighted by molar-refractivity contribution is 0.0196. The first-order chi connectivity index (χ1) is 19.1. The predicted molar refractivity (Wildman–Crippen MR) is 140 cm³/mol. The molecule has 1 aliphatic rings. The van der Waals surface area contributed by atoms with Gasteiger partial charge >= 0.3 is 6.09 Å². The fraction of sp³-hybridized carbons (Fsp3) is 0.370. The van der Waals surface area contributed by atoms with Crippen LogP contribution >= 0.6 is 0 Å². The summed E-state index contributed by atoms with van der Waals surface area (Å²) >= 11 is 0. The summed E-state index contributed by atoms with van der Waals surface area (Å²) in [6, 6.07) is 9.04. The number of carbonyl (C=O) groups excluding carboxylic acids is 1. The van der Waals surface area contributed by atoms with Crippen molar-refractivity contribution in [3.63, 3.8) is 0 Å². The number of ether oxygens (including phenoxy) is 1. The third-order valence-corrected chi connectivity index (χ3v) is 6.33. The van der Waals surface area contributed by atoms with Gasteiger partial charge in [-0.25, -0.2) is 23.5 Å². The van der Waals surface area contributed by atoms with Crippen LogP contribution in [0.15, 0.2) is 53.4 Å². The normalized spacial score (nSPS) is 15.9. The summed E-state index contributed by atoms with van der Waals surface area (Å²) in [5, 5.41) is 18.7. The van der Waals surface area contributed by atoms with Crippen molar-refractivity contribution in [2.24, 2.45) is 0 Å². The van der Waals surface area contributed by atoms with E-state index in [1.54, 1.807) is 60.7 Å². The number of aromatic nitrogens is 5. The number of nitrogens with zero attached hydrogens (tertiary/aromatic N) is 7. The van der Waals surface area contributed by atoms with Crippen molar-refractivity contribution < 1.29 is 27.9 Å². The molecule has 1 atom stereocenters. The van der Waals surface area contributed by atoms with Gasteiger partial charge in [0.1, 0.15) is 29.1 Å². The minimum absolute atomic E-state index is 0.0282. The van der Waals surface area contributed by atoms with Gasteiger partial charge in [0.25, 0.3) is 0 Å². The van der Waals surface area contributed by atoms with E-state index in [9.17, 15) is 14.3 Å². The molecule has 40 heavy (non-hydrogen) atoms. The zero-order valence-electron chi connectivity index (χ0n) is 22.3. The van der Waals surface area contributed by atoms with E-state index in [1.165, 1.54) is 17.2 Å². The summed E-state index contributed by atoms with van der Waals surface area (Å²) in [7, 11) is 0. The van der Waals surface area contributed by atoms with Gasteiger partial charge in [-0.2, -0.15) is 5.10 Å². The van der Waals surface area contributed by atoms with Crippen LogP contribution in [0.4, 0.5) is 19.4 Å². The zero-order valence-corrected chi connectivity index (χ0v) is 22.3. The number of hydrogen-bond acceptors (Lipinski definition) is 9. The Bertz CT molecular complexity index is 1490. The molecule has 1 saturated heterocycles. The molecule has 210 valence electrons. The van der Waals surface area contributed by atoms with Gasteiger partial charge in [0.05, 0.1) is 31.1 Å². The number of anilines is 1. The van der Waals surface area contributed by atoms with Gasteiger partial charge in [-0.3, -0.25) is 4.68 Å². The molecular weight excluding hydrogens is 524 g/mol. The first-order valence-electron chi connectivity index (χ1n) is 12.7. The number of halogens is 2. The highest BCUT2D eigenvalue weighted by atomic mass is 19.1. The highest BCUT2D eigenvalue weighted by Crippen LogP contribution is 2.28. The van der Waals surface area contributed by atoms with Crippen molar-refractivity contribution in [3.8, 4) is 22.9 Å². The van der Waals surface area contributed by atoms with E-state index in [4.69, 9.17) is 9.26 Å². The molecule has 0 spiro atoms. The lowest BCUT2D eigenvalue weighted by Crippen LogP contribution is -2.57. The minimum atomic E-state index is -0.685. The van der Waals surface area contributed by atoms with Crippen molar-refractivity contribution in [1.82, 2.24) is 29.8 Å². The molecule has 0 saturated carbocycles. The third-order valence-electron chi connectivity index (χ3n) is 6.33. The molecule has 4 heterocycles. The van der Waals surface area contributed by atoms with Crippen LogP contribution in [0.5, 0.6) is 0 Å². The molecule has 11 nitrogen and oxygen atoms in total. The van der Waals surface area contributed by atoms with Crippen molar-refractivity contribution in [2.45, 2.75) is 39.0 Å². The topological polar surface area (TPSA) is 123 Å². The summed E-state index contributed by atoms with van der Waals surface area (Å²) in [6.07, 6.45) is 1.95. The van der Waals surface area contributed by atoms with Crippen molar-refractivity contribution in [1.29, 1.82) is 0 Å². The largest absolute Gasteiger partial charge is 0.444 e. The molecule has 1 N–H and O–H groups in total. The number of aliphatic hydroxyl groups is 1. The molecule has 0 bridgehead atoms. The Balaban J connectivity index is 1.45. The van der Waals surface area contributed by atoms with E-state index in [-0.39, 0.29) is 50.2 Å². The summed E-state index contributed by atoms with van der Waals surface area (Å²) in [5.41, 5.74) is 1.05. The highest BCUT2D eigenvalue weighted by molar-refractivity contribution is 5.69. The molecule has 1 aromatic carbocycles. The number of rotatable bonds is 6. The molecule has 13 heteroatoms. The van der Waals surface area contributed by atoms with Gasteiger partial charge in [-0.1, -0.05) is 23.4 Å². The number of amides is 1. The van der Waals surface area contributed by atoms with E-state index < -0.39 is 23.6 Å². The first kappa shape index (κ1) is 27.2. The summed E-state index contributed by atoms with van der Waals surface area (Å²) in [4.78, 5) is 24.3. The Morgan fingerprint density at radius 3 is 2.65 bits per heavy atom. The average molecular weight is 554 g/mol. The minimum Gasteiger partial charge on any atom is -0.444 e. The second kappa shape index (κ2) is 11.0. The van der Waals surface area contributed by atoms with Gasteiger partial charge in [-0.15, -0.1) is 0 Å². The number of benzene rings is 1.